The number of halogens is 4. The molecule has 0 heterocycles. The predicted molar refractivity (Wildman–Crippen MR) is 91.1 cm³/mol. The van der Waals surface area contributed by atoms with Gasteiger partial charge >= 0.3 is 11.9 Å². The predicted octanol–water partition coefficient (Wildman–Crippen LogP) is 5.17. The van der Waals surface area contributed by atoms with Crippen LogP contribution in [0, 0.1) is 17.0 Å². The Balaban J connectivity index is 2.39. The Morgan fingerprint density at radius 2 is 1.89 bits per heavy atom. The number of nitro benzene ring substituents is 1. The molecule has 2 aromatic carbocycles. The highest BCUT2D eigenvalue weighted by molar-refractivity contribution is 7.37. The summed E-state index contributed by atoms with van der Waals surface area (Å²) in [5, 5.41) is 10.8. The van der Waals surface area contributed by atoms with Gasteiger partial charge in [0.15, 0.2) is 6.35 Å². The van der Waals surface area contributed by atoms with Crippen molar-refractivity contribution in [1.29, 1.82) is 0 Å². The summed E-state index contributed by atoms with van der Waals surface area (Å²) in [5.74, 6) is -0.408. The van der Waals surface area contributed by atoms with Gasteiger partial charge in [0.2, 0.25) is 13.8 Å². The van der Waals surface area contributed by atoms with Crippen molar-refractivity contribution in [2.45, 2.75) is 13.1 Å². The van der Waals surface area contributed by atoms with Crippen LogP contribution in [-0.2, 0) is 10.7 Å². The number of benzene rings is 2. The topological polar surface area (TPSA) is 98.9 Å². The van der Waals surface area contributed by atoms with Gasteiger partial charge in [0, 0.05) is 12.1 Å². The Morgan fingerprint density at radius 3 is 2.41 bits per heavy atom. The van der Waals surface area contributed by atoms with Crippen LogP contribution in [0.3, 0.4) is 0 Å². The number of hydrogen-bond acceptors (Lipinski definition) is 5. The second-order valence-electron chi connectivity index (χ2n) is 5.27. The number of aryl methyl sites for hydroxylation is 1. The van der Waals surface area contributed by atoms with Crippen LogP contribution in [0.15, 0.2) is 30.3 Å². The second-order valence-corrected chi connectivity index (χ2v) is 6.75. The summed E-state index contributed by atoms with van der Waals surface area (Å²) in [4.78, 5) is 19.2. The number of hydrogen-bond donors (Lipinski definition) is 1. The Labute approximate surface area is 156 Å². The highest BCUT2D eigenvalue weighted by Gasteiger charge is 2.31. The molecule has 7 nitrogen and oxygen atoms in total. The Hall–Kier alpha value is -2.29. The molecule has 2 rings (SSSR count). The first kappa shape index (κ1) is 21.0. The van der Waals surface area contributed by atoms with Crippen molar-refractivity contribution in [2.24, 2.45) is 0 Å². The van der Waals surface area contributed by atoms with Crippen molar-refractivity contribution in [1.82, 2.24) is 0 Å². The lowest BCUT2D eigenvalue weighted by molar-refractivity contribution is -0.385. The van der Waals surface area contributed by atoms with Crippen LogP contribution in [0.2, 0.25) is 5.02 Å². The van der Waals surface area contributed by atoms with Crippen molar-refractivity contribution in [3.05, 3.63) is 56.6 Å². The molecule has 146 valence electrons. The molecule has 0 spiro atoms. The maximum absolute atomic E-state index is 12.7. The number of alkyl halides is 3. The average Bonchev–Trinajstić information content (AvgIpc) is 2.55. The van der Waals surface area contributed by atoms with Crippen LogP contribution in [0.5, 0.6) is 17.2 Å². The van der Waals surface area contributed by atoms with Crippen LogP contribution >= 0.6 is 19.6 Å². The Morgan fingerprint density at radius 1 is 1.22 bits per heavy atom. The van der Waals surface area contributed by atoms with E-state index in [0.717, 1.165) is 24.3 Å². The molecule has 0 bridgehead atoms. The quantitative estimate of drug-likeness (QED) is 0.389. The second kappa shape index (κ2) is 8.16. The van der Waals surface area contributed by atoms with Gasteiger partial charge in [-0.25, -0.2) is 0 Å². The van der Waals surface area contributed by atoms with Gasteiger partial charge in [0.25, 0.3) is 0 Å². The molecule has 1 N–H and O–H groups in total. The van der Waals surface area contributed by atoms with E-state index >= 15 is 0 Å². The zero-order valence-electron chi connectivity index (χ0n) is 13.5. The number of nitrogens with zero attached hydrogens (tertiary/aromatic N) is 1. The molecule has 0 radical (unpaired) electrons. The van der Waals surface area contributed by atoms with Gasteiger partial charge in [0.1, 0.15) is 11.5 Å². The van der Waals surface area contributed by atoms with Gasteiger partial charge in [-0.1, -0.05) is 11.6 Å². The van der Waals surface area contributed by atoms with Gasteiger partial charge in [-0.3, -0.25) is 14.7 Å². The zero-order valence-corrected chi connectivity index (χ0v) is 15.3. The summed E-state index contributed by atoms with van der Waals surface area (Å²) < 4.78 is 59.3. The third-order valence-electron chi connectivity index (χ3n) is 3.28. The molecule has 12 heteroatoms. The van der Waals surface area contributed by atoms with Crippen LogP contribution in [0.4, 0.5) is 18.9 Å². The van der Waals surface area contributed by atoms with Crippen molar-refractivity contribution in [3.8, 4) is 17.2 Å². The van der Waals surface area contributed by atoms with E-state index in [4.69, 9.17) is 26.0 Å². The lowest BCUT2D eigenvalue weighted by Gasteiger charge is -2.14. The van der Waals surface area contributed by atoms with E-state index in [9.17, 15) is 27.9 Å². The summed E-state index contributed by atoms with van der Waals surface area (Å²) in [7, 11) is -3.04. The smallest absolute Gasteiger partial charge is 0.416 e. The zero-order chi connectivity index (χ0) is 20.4. The molecular weight excluding hydrogens is 414 g/mol. The van der Waals surface area contributed by atoms with E-state index in [-0.39, 0.29) is 27.8 Å². The van der Waals surface area contributed by atoms with Crippen molar-refractivity contribution >= 4 is 25.3 Å². The first-order valence-corrected chi connectivity index (χ1v) is 9.11. The fourth-order valence-corrected chi connectivity index (χ4v) is 2.54. The fraction of sp³-hybridized carbons (Fsp3) is 0.200. The normalized spacial score (nSPS) is 12.5. The molecule has 0 saturated heterocycles. The first-order valence-electron chi connectivity index (χ1n) is 7.17. The minimum atomic E-state index is -4.57. The third kappa shape index (κ3) is 5.35. The molecular formula is C15H12ClF3NO6P. The molecule has 1 unspecified atom stereocenters. The maximum Gasteiger partial charge on any atom is 0.416 e. The average molecular weight is 426 g/mol. The molecule has 0 aliphatic carbocycles. The van der Waals surface area contributed by atoms with Crippen LogP contribution in [-0.4, -0.2) is 16.2 Å². The van der Waals surface area contributed by atoms with Crippen LogP contribution in [0.25, 0.3) is 0 Å². The number of rotatable bonds is 6. The summed E-state index contributed by atoms with van der Waals surface area (Å²) >= 11 is 5.83. The van der Waals surface area contributed by atoms with E-state index in [2.05, 4.69) is 0 Å². The molecule has 0 aliphatic rings. The summed E-state index contributed by atoms with van der Waals surface area (Å²) in [6, 6.07) is 4.69. The lowest BCUT2D eigenvalue weighted by atomic mass is 10.1. The van der Waals surface area contributed by atoms with Crippen LogP contribution < -0.4 is 9.47 Å². The van der Waals surface area contributed by atoms with E-state index < -0.39 is 36.7 Å². The van der Waals surface area contributed by atoms with Gasteiger partial charge in [-0.05, 0) is 30.7 Å². The molecule has 0 saturated carbocycles. The highest BCUT2D eigenvalue weighted by Crippen LogP contribution is 2.40. The Kier molecular flexibility index (Phi) is 6.35. The van der Waals surface area contributed by atoms with E-state index in [1.807, 2.05) is 0 Å². The number of nitro groups is 1. The van der Waals surface area contributed by atoms with E-state index in [0.29, 0.717) is 6.07 Å². The SMILES string of the molecule is Cc1cc([N+](=O)[O-])c(OC[PH](=O)O)cc1Oc1ccc(C(F)(F)F)cc1Cl. The minimum absolute atomic E-state index is 0.0230. The maximum atomic E-state index is 12.7. The summed E-state index contributed by atoms with van der Waals surface area (Å²) in [6.07, 6.45) is -5.22. The molecule has 27 heavy (non-hydrogen) atoms. The lowest BCUT2D eigenvalue weighted by Crippen LogP contribution is -2.04. The first-order chi connectivity index (χ1) is 12.5. The van der Waals surface area contributed by atoms with Gasteiger partial charge in [-0.15, -0.1) is 0 Å². The molecule has 0 fully saturated rings. The van der Waals surface area contributed by atoms with Gasteiger partial charge in [-0.2, -0.15) is 13.2 Å². The summed E-state index contributed by atoms with van der Waals surface area (Å²) in [5.41, 5.74) is -1.14. The van der Waals surface area contributed by atoms with E-state index in [1.165, 1.54) is 6.92 Å². The summed E-state index contributed by atoms with van der Waals surface area (Å²) in [6.45, 7) is 1.47. The van der Waals surface area contributed by atoms with Gasteiger partial charge in [0.05, 0.1) is 15.5 Å². The molecule has 0 amide bonds. The standard InChI is InChI=1S/C15H12ClF3NO6P/c1-8-4-11(20(21)22)14(25-7-27(23)24)6-13(8)26-12-3-2-9(5-10(12)16)15(17,18)19/h2-6,27H,7H2,1H3,(H,23,24). The van der Waals surface area contributed by atoms with Gasteiger partial charge < -0.3 is 14.4 Å². The molecule has 2 aromatic rings. The Bertz CT molecular complexity index is 906. The fourth-order valence-electron chi connectivity index (χ4n) is 2.04. The largest absolute Gasteiger partial charge is 0.477 e. The molecule has 0 aromatic heterocycles. The number of ether oxygens (including phenoxy) is 2. The molecule has 1 atom stereocenters. The van der Waals surface area contributed by atoms with Crippen molar-refractivity contribution in [3.63, 3.8) is 0 Å². The van der Waals surface area contributed by atoms with Crippen molar-refractivity contribution < 1.29 is 37.0 Å². The monoisotopic (exact) mass is 425 g/mol. The molecule has 0 aliphatic heterocycles. The minimum Gasteiger partial charge on any atom is -0.477 e. The van der Waals surface area contributed by atoms with Crippen LogP contribution in [0.1, 0.15) is 11.1 Å². The highest BCUT2D eigenvalue weighted by atomic mass is 35.5. The third-order valence-corrected chi connectivity index (χ3v) is 3.97. The van der Waals surface area contributed by atoms with Crippen molar-refractivity contribution in [2.75, 3.05) is 6.35 Å². The van der Waals surface area contributed by atoms with E-state index in [1.54, 1.807) is 0 Å².